The summed E-state index contributed by atoms with van der Waals surface area (Å²) in [6.07, 6.45) is 0. The third-order valence-corrected chi connectivity index (χ3v) is 4.56. The third kappa shape index (κ3) is 5.53. The van der Waals surface area contributed by atoms with Crippen LogP contribution < -0.4 is 10.6 Å². The number of esters is 1. The zero-order valence-corrected chi connectivity index (χ0v) is 14.2. The van der Waals surface area contributed by atoms with Crippen LogP contribution in [-0.2, 0) is 9.53 Å². The molecule has 0 aliphatic heterocycles. The highest BCUT2D eigenvalue weighted by Gasteiger charge is 2.18. The quantitative estimate of drug-likeness (QED) is 0.471. The first-order valence-electron chi connectivity index (χ1n) is 6.88. The van der Waals surface area contributed by atoms with E-state index in [0.29, 0.717) is 21.8 Å². The molecule has 2 rings (SSSR count). The van der Waals surface area contributed by atoms with Crippen molar-refractivity contribution in [2.75, 3.05) is 17.2 Å². The van der Waals surface area contributed by atoms with Crippen molar-refractivity contribution in [3.63, 3.8) is 0 Å². The van der Waals surface area contributed by atoms with Crippen LogP contribution in [0.5, 0.6) is 0 Å². The Balaban J connectivity index is 1.87. The molecule has 2 amide bonds. The SMILES string of the molecule is CCOC(=O)[C@H](C)Sc1nnc(NC(=O)Nc2ccccc2)s1. The molecule has 7 nitrogen and oxygen atoms in total. The maximum absolute atomic E-state index is 11.8. The number of hydrogen-bond acceptors (Lipinski definition) is 7. The fraction of sp³-hybridized carbons (Fsp3) is 0.286. The lowest BCUT2D eigenvalue weighted by molar-refractivity contribution is -0.142. The van der Waals surface area contributed by atoms with Crippen LogP contribution in [0.3, 0.4) is 0 Å². The predicted molar refractivity (Wildman–Crippen MR) is 90.9 cm³/mol. The molecule has 0 fully saturated rings. The molecule has 2 aromatic rings. The van der Waals surface area contributed by atoms with Crippen molar-refractivity contribution in [2.45, 2.75) is 23.4 Å². The number of carbonyl (C=O) groups is 2. The molecule has 0 spiro atoms. The number of nitrogens with zero attached hydrogens (tertiary/aromatic N) is 2. The van der Waals surface area contributed by atoms with E-state index in [1.54, 1.807) is 26.0 Å². The molecule has 0 bridgehead atoms. The number of urea groups is 1. The highest BCUT2D eigenvalue weighted by Crippen LogP contribution is 2.29. The van der Waals surface area contributed by atoms with Gasteiger partial charge in [-0.15, -0.1) is 10.2 Å². The van der Waals surface area contributed by atoms with Gasteiger partial charge in [-0.3, -0.25) is 10.1 Å². The second-order valence-corrected chi connectivity index (χ2v) is 6.90. The van der Waals surface area contributed by atoms with Crippen LogP contribution in [0.15, 0.2) is 34.7 Å². The van der Waals surface area contributed by atoms with Crippen molar-refractivity contribution < 1.29 is 14.3 Å². The minimum Gasteiger partial charge on any atom is -0.465 e. The van der Waals surface area contributed by atoms with Gasteiger partial charge in [0.2, 0.25) is 5.13 Å². The molecule has 0 saturated heterocycles. The Morgan fingerprint density at radius 2 is 2.00 bits per heavy atom. The molecule has 9 heteroatoms. The summed E-state index contributed by atoms with van der Waals surface area (Å²) in [5, 5.41) is 13.1. The lowest BCUT2D eigenvalue weighted by Gasteiger charge is -2.07. The topological polar surface area (TPSA) is 93.2 Å². The number of thioether (sulfide) groups is 1. The molecule has 1 aromatic carbocycles. The maximum atomic E-state index is 11.8. The fourth-order valence-electron chi connectivity index (χ4n) is 1.55. The molecule has 1 heterocycles. The molecule has 23 heavy (non-hydrogen) atoms. The third-order valence-electron chi connectivity index (χ3n) is 2.55. The molecule has 2 N–H and O–H groups in total. The molecule has 1 aromatic heterocycles. The number of hydrogen-bond donors (Lipinski definition) is 2. The average molecular weight is 352 g/mol. The lowest BCUT2D eigenvalue weighted by Crippen LogP contribution is -2.19. The summed E-state index contributed by atoms with van der Waals surface area (Å²) < 4.78 is 5.51. The lowest BCUT2D eigenvalue weighted by atomic mass is 10.3. The summed E-state index contributed by atoms with van der Waals surface area (Å²) in [6, 6.07) is 8.67. The smallest absolute Gasteiger partial charge is 0.325 e. The van der Waals surface area contributed by atoms with Gasteiger partial charge in [-0.2, -0.15) is 0 Å². The summed E-state index contributed by atoms with van der Waals surface area (Å²) in [6.45, 7) is 3.83. The summed E-state index contributed by atoms with van der Waals surface area (Å²) in [7, 11) is 0. The molecule has 0 aliphatic carbocycles. The number of ether oxygens (including phenoxy) is 1. The summed E-state index contributed by atoms with van der Waals surface area (Å²) in [4.78, 5) is 23.4. The van der Waals surface area contributed by atoms with Crippen LogP contribution in [0.1, 0.15) is 13.8 Å². The van der Waals surface area contributed by atoms with Crippen LogP contribution >= 0.6 is 23.1 Å². The Labute approximate surface area is 141 Å². The van der Waals surface area contributed by atoms with Gasteiger partial charge in [-0.05, 0) is 26.0 Å². The number of rotatable bonds is 6. The number of nitrogens with one attached hydrogen (secondary N) is 2. The molecular formula is C14H16N4O3S2. The van der Waals surface area contributed by atoms with Gasteiger partial charge in [0, 0.05) is 5.69 Å². The maximum Gasteiger partial charge on any atom is 0.325 e. The van der Waals surface area contributed by atoms with Crippen molar-refractivity contribution in [2.24, 2.45) is 0 Å². The van der Waals surface area contributed by atoms with Crippen LogP contribution in [0.25, 0.3) is 0 Å². The van der Waals surface area contributed by atoms with Crippen molar-refractivity contribution >= 4 is 45.9 Å². The number of carbonyl (C=O) groups excluding carboxylic acids is 2. The largest absolute Gasteiger partial charge is 0.465 e. The van der Waals surface area contributed by atoms with Crippen molar-refractivity contribution in [3.05, 3.63) is 30.3 Å². The monoisotopic (exact) mass is 352 g/mol. The van der Waals surface area contributed by atoms with E-state index in [2.05, 4.69) is 20.8 Å². The number of anilines is 2. The number of benzene rings is 1. The van der Waals surface area contributed by atoms with Crippen LogP contribution in [-0.4, -0.2) is 34.1 Å². The molecule has 122 valence electrons. The molecule has 0 aliphatic rings. The van der Waals surface area contributed by atoms with Crippen molar-refractivity contribution in [3.8, 4) is 0 Å². The number of amides is 2. The van der Waals surface area contributed by atoms with Gasteiger partial charge in [-0.25, -0.2) is 4.79 Å². The minimum atomic E-state index is -0.401. The highest BCUT2D eigenvalue weighted by molar-refractivity contribution is 8.02. The van der Waals surface area contributed by atoms with Gasteiger partial charge in [0.25, 0.3) is 0 Å². The van der Waals surface area contributed by atoms with E-state index in [0.717, 1.165) is 0 Å². The first-order chi connectivity index (χ1) is 11.1. The van der Waals surface area contributed by atoms with Gasteiger partial charge in [0.05, 0.1) is 6.61 Å². The van der Waals surface area contributed by atoms with Crippen LogP contribution in [0, 0.1) is 0 Å². The van der Waals surface area contributed by atoms with Crippen molar-refractivity contribution in [1.82, 2.24) is 10.2 Å². The van der Waals surface area contributed by atoms with Crippen LogP contribution in [0.2, 0.25) is 0 Å². The molecular weight excluding hydrogens is 336 g/mol. The van der Waals surface area contributed by atoms with Crippen molar-refractivity contribution in [1.29, 1.82) is 0 Å². The fourth-order valence-corrected chi connectivity index (χ4v) is 3.44. The Kier molecular flexibility index (Phi) is 6.36. The van der Waals surface area contributed by atoms with Gasteiger partial charge in [0.15, 0.2) is 4.34 Å². The second kappa shape index (κ2) is 8.49. The van der Waals surface area contributed by atoms with Crippen LogP contribution in [0.4, 0.5) is 15.6 Å². The van der Waals surface area contributed by atoms with E-state index in [1.165, 1.54) is 23.1 Å². The first-order valence-corrected chi connectivity index (χ1v) is 8.58. The standard InChI is InChI=1S/C14H16N4O3S2/c1-3-21-11(19)9(2)22-14-18-17-13(23-14)16-12(20)15-10-7-5-4-6-8-10/h4-9H,3H2,1-2H3,(H2,15,16,17,20)/t9-/m0/s1. The van der Waals surface area contributed by atoms with E-state index in [-0.39, 0.29) is 11.2 Å². The number of para-hydroxylation sites is 1. The highest BCUT2D eigenvalue weighted by atomic mass is 32.2. The second-order valence-electron chi connectivity index (χ2n) is 4.33. The van der Waals surface area contributed by atoms with E-state index in [9.17, 15) is 9.59 Å². The minimum absolute atomic E-state index is 0.302. The Hall–Kier alpha value is -2.13. The zero-order chi connectivity index (χ0) is 16.7. The zero-order valence-electron chi connectivity index (χ0n) is 12.6. The Morgan fingerprint density at radius 1 is 1.26 bits per heavy atom. The Bertz CT molecular complexity index is 663. The van der Waals surface area contributed by atoms with E-state index in [4.69, 9.17) is 4.74 Å². The molecule has 0 radical (unpaired) electrons. The summed E-state index contributed by atoms with van der Waals surface area (Å²) in [5.74, 6) is -0.302. The van der Waals surface area contributed by atoms with Gasteiger partial charge >= 0.3 is 12.0 Å². The van der Waals surface area contributed by atoms with Gasteiger partial charge < -0.3 is 10.1 Å². The molecule has 0 saturated carbocycles. The van der Waals surface area contributed by atoms with Gasteiger partial charge in [-0.1, -0.05) is 41.3 Å². The number of aromatic nitrogens is 2. The van der Waals surface area contributed by atoms with Gasteiger partial charge in [0.1, 0.15) is 5.25 Å². The first kappa shape index (κ1) is 17.2. The Morgan fingerprint density at radius 3 is 2.70 bits per heavy atom. The van der Waals surface area contributed by atoms with E-state index in [1.807, 2.05) is 18.2 Å². The predicted octanol–water partition coefficient (Wildman–Crippen LogP) is 3.23. The summed E-state index contributed by atoms with van der Waals surface area (Å²) in [5.41, 5.74) is 0.681. The normalized spacial score (nSPS) is 11.6. The van der Waals surface area contributed by atoms with E-state index < -0.39 is 6.03 Å². The average Bonchev–Trinajstić information content (AvgIpc) is 2.95. The molecule has 1 atom stereocenters. The van der Waals surface area contributed by atoms with E-state index >= 15 is 0 Å². The molecule has 0 unspecified atom stereocenters. The summed E-state index contributed by atoms with van der Waals surface area (Å²) >= 11 is 2.44.